The standard InChI is InChI=1S/C5H6N4O/c10-9-3-8-4-1-6-2-7-5(4)9/h1,3,6-7H,2H2. The Kier molecular flexibility index (Phi) is 0.913. The van der Waals surface area contributed by atoms with Crippen LogP contribution in [0.1, 0.15) is 0 Å². The first-order chi connectivity index (χ1) is 4.88. The number of amidine groups is 1. The number of nitrogens with zero attached hydrogens (tertiary/aromatic N) is 2. The Morgan fingerprint density at radius 3 is 3.40 bits per heavy atom. The lowest BCUT2D eigenvalue weighted by Crippen LogP contribution is -2.39. The van der Waals surface area contributed by atoms with Crippen molar-refractivity contribution in [2.75, 3.05) is 6.67 Å². The van der Waals surface area contributed by atoms with Gasteiger partial charge < -0.3 is 10.5 Å². The fourth-order valence-corrected chi connectivity index (χ4v) is 0.903. The number of hydrogen-bond acceptors (Lipinski definition) is 4. The number of aliphatic imine (C=N–C) groups is 1. The molecule has 0 fully saturated rings. The van der Waals surface area contributed by atoms with Crippen LogP contribution in [0.4, 0.5) is 0 Å². The third-order valence-electron chi connectivity index (χ3n) is 1.36. The van der Waals surface area contributed by atoms with Crippen LogP contribution in [0, 0.1) is 5.21 Å². The van der Waals surface area contributed by atoms with Crippen LogP contribution in [0.25, 0.3) is 0 Å². The molecule has 0 saturated carbocycles. The van der Waals surface area contributed by atoms with E-state index in [1.54, 1.807) is 6.20 Å². The van der Waals surface area contributed by atoms with Crippen molar-refractivity contribution in [2.45, 2.75) is 0 Å². The third kappa shape index (κ3) is 0.570. The van der Waals surface area contributed by atoms with Gasteiger partial charge in [0, 0.05) is 6.20 Å². The Morgan fingerprint density at radius 2 is 2.60 bits per heavy atom. The molecular formula is C5H6N4O. The second kappa shape index (κ2) is 1.73. The van der Waals surface area contributed by atoms with Gasteiger partial charge in [0.1, 0.15) is 6.67 Å². The first-order valence-electron chi connectivity index (χ1n) is 2.93. The minimum atomic E-state index is 0.527. The lowest BCUT2D eigenvalue weighted by Gasteiger charge is -2.10. The molecule has 2 aliphatic rings. The van der Waals surface area contributed by atoms with Gasteiger partial charge in [0.25, 0.3) is 5.84 Å². The Bertz CT molecular complexity index is 252. The molecule has 10 heavy (non-hydrogen) atoms. The van der Waals surface area contributed by atoms with Gasteiger partial charge in [-0.1, -0.05) is 0 Å². The van der Waals surface area contributed by atoms with Gasteiger partial charge in [-0.25, -0.2) is 4.74 Å². The summed E-state index contributed by atoms with van der Waals surface area (Å²) in [6.07, 6.45) is 2.95. The highest BCUT2D eigenvalue weighted by Gasteiger charge is 2.22. The molecule has 52 valence electrons. The molecule has 0 unspecified atom stereocenters. The summed E-state index contributed by atoms with van der Waals surface area (Å²) < 4.78 is 0.715. The summed E-state index contributed by atoms with van der Waals surface area (Å²) >= 11 is 0. The maximum absolute atomic E-state index is 10.8. The zero-order valence-corrected chi connectivity index (χ0v) is 5.16. The molecule has 0 amide bonds. The predicted octanol–water partition coefficient (Wildman–Crippen LogP) is -1.07. The molecule has 0 aromatic heterocycles. The summed E-state index contributed by atoms with van der Waals surface area (Å²) in [4.78, 5) is 3.83. The van der Waals surface area contributed by atoms with Crippen LogP contribution < -0.4 is 10.6 Å². The van der Waals surface area contributed by atoms with Crippen LogP contribution in [-0.2, 0) is 0 Å². The fraction of sp³-hybridized carbons (Fsp3) is 0.200. The van der Waals surface area contributed by atoms with Gasteiger partial charge in [-0.05, 0) is 0 Å². The molecule has 0 bridgehead atoms. The number of rotatable bonds is 0. The third-order valence-corrected chi connectivity index (χ3v) is 1.36. The van der Waals surface area contributed by atoms with Crippen molar-refractivity contribution >= 4 is 12.2 Å². The van der Waals surface area contributed by atoms with Crippen molar-refractivity contribution in [1.29, 1.82) is 0 Å². The number of hydroxylamine groups is 1. The van der Waals surface area contributed by atoms with Gasteiger partial charge in [0.15, 0.2) is 0 Å². The monoisotopic (exact) mass is 138 g/mol. The first-order valence-corrected chi connectivity index (χ1v) is 2.93. The summed E-state index contributed by atoms with van der Waals surface area (Å²) in [5.74, 6) is 0.527. The van der Waals surface area contributed by atoms with E-state index >= 15 is 0 Å². The minimum absolute atomic E-state index is 0.527. The van der Waals surface area contributed by atoms with E-state index in [2.05, 4.69) is 15.6 Å². The molecule has 2 aliphatic heterocycles. The smallest absolute Gasteiger partial charge is 0.268 e. The molecule has 0 aromatic carbocycles. The molecule has 2 rings (SSSR count). The maximum Gasteiger partial charge on any atom is 0.268 e. The van der Waals surface area contributed by atoms with E-state index in [0.29, 0.717) is 22.9 Å². The quantitative estimate of drug-likeness (QED) is 0.331. The number of fused-ring (bicyclic) bond motifs is 1. The summed E-state index contributed by atoms with van der Waals surface area (Å²) in [6.45, 7) is 0.584. The molecular weight excluding hydrogens is 132 g/mol. The predicted molar refractivity (Wildman–Crippen MR) is 36.3 cm³/mol. The second-order valence-corrected chi connectivity index (χ2v) is 2.01. The topological polar surface area (TPSA) is 62.5 Å². The van der Waals surface area contributed by atoms with Crippen LogP contribution >= 0.6 is 0 Å². The fourth-order valence-electron chi connectivity index (χ4n) is 0.903. The van der Waals surface area contributed by atoms with Crippen LogP contribution in [0.15, 0.2) is 16.9 Å². The highest BCUT2D eigenvalue weighted by atomic mass is 16.5. The summed E-state index contributed by atoms with van der Waals surface area (Å²) in [6, 6.07) is 0. The molecule has 2 N–H and O–H groups in total. The second-order valence-electron chi connectivity index (χ2n) is 2.01. The van der Waals surface area contributed by atoms with Gasteiger partial charge in [-0.2, -0.15) is 0 Å². The Labute approximate surface area is 57.3 Å². The van der Waals surface area contributed by atoms with E-state index in [9.17, 15) is 5.21 Å². The molecule has 5 nitrogen and oxygen atoms in total. The van der Waals surface area contributed by atoms with E-state index in [1.165, 1.54) is 6.34 Å². The van der Waals surface area contributed by atoms with Gasteiger partial charge in [0.05, 0.1) is 0 Å². The molecule has 2 heterocycles. The van der Waals surface area contributed by atoms with Gasteiger partial charge >= 0.3 is 0 Å². The van der Waals surface area contributed by atoms with Crippen molar-refractivity contribution in [3.8, 4) is 0 Å². The van der Waals surface area contributed by atoms with Crippen molar-refractivity contribution in [3.63, 3.8) is 0 Å². The summed E-state index contributed by atoms with van der Waals surface area (Å²) in [5, 5.41) is 16.6. The van der Waals surface area contributed by atoms with Crippen LogP contribution in [0.2, 0.25) is 0 Å². The average Bonchev–Trinajstić information content (AvgIpc) is 2.34. The van der Waals surface area contributed by atoms with E-state index in [1.807, 2.05) is 0 Å². The zero-order chi connectivity index (χ0) is 6.97. The minimum Gasteiger partial charge on any atom is -0.740 e. The largest absolute Gasteiger partial charge is 0.740 e. The zero-order valence-electron chi connectivity index (χ0n) is 5.16. The van der Waals surface area contributed by atoms with Crippen molar-refractivity contribution < 1.29 is 4.74 Å². The lowest BCUT2D eigenvalue weighted by molar-refractivity contribution is -0.312. The van der Waals surface area contributed by atoms with Crippen LogP contribution in [0.5, 0.6) is 0 Å². The van der Waals surface area contributed by atoms with Gasteiger partial charge in [0.2, 0.25) is 12.0 Å². The van der Waals surface area contributed by atoms with Gasteiger partial charge in [-0.3, -0.25) is 5.32 Å². The molecule has 0 atom stereocenters. The Hall–Kier alpha value is -1.52. The SMILES string of the molecule is [O-][N+]1=C2NCNC=C2N=C1. The normalized spacial score (nSPS) is 21.4. The summed E-state index contributed by atoms with van der Waals surface area (Å²) in [5.41, 5.74) is 0.668. The van der Waals surface area contributed by atoms with E-state index < -0.39 is 0 Å². The van der Waals surface area contributed by atoms with E-state index in [0.717, 1.165) is 0 Å². The number of hydrogen-bond donors (Lipinski definition) is 2. The van der Waals surface area contributed by atoms with Crippen LogP contribution in [-0.4, -0.2) is 23.6 Å². The van der Waals surface area contributed by atoms with E-state index in [4.69, 9.17) is 0 Å². The lowest BCUT2D eigenvalue weighted by atomic mass is 10.4. The molecule has 0 radical (unpaired) electrons. The van der Waals surface area contributed by atoms with Crippen LogP contribution in [0.3, 0.4) is 0 Å². The van der Waals surface area contributed by atoms with Gasteiger partial charge in [-0.15, -0.1) is 4.99 Å². The highest BCUT2D eigenvalue weighted by Crippen LogP contribution is 2.03. The summed E-state index contributed by atoms with van der Waals surface area (Å²) in [7, 11) is 0. The molecule has 0 aromatic rings. The highest BCUT2D eigenvalue weighted by molar-refractivity contribution is 5.99. The molecule has 0 aliphatic carbocycles. The van der Waals surface area contributed by atoms with Crippen molar-refractivity contribution in [3.05, 3.63) is 17.1 Å². The Morgan fingerprint density at radius 1 is 1.70 bits per heavy atom. The van der Waals surface area contributed by atoms with Crippen molar-refractivity contribution in [1.82, 2.24) is 10.6 Å². The Balaban J connectivity index is 2.44. The van der Waals surface area contributed by atoms with E-state index in [-0.39, 0.29) is 0 Å². The molecule has 5 heteroatoms. The maximum atomic E-state index is 10.8. The first kappa shape index (κ1) is 5.28. The van der Waals surface area contributed by atoms with Crippen molar-refractivity contribution in [2.24, 2.45) is 4.99 Å². The molecule has 0 saturated heterocycles. The molecule has 0 spiro atoms. The average molecular weight is 138 g/mol. The number of nitrogens with one attached hydrogen (secondary N) is 2.